The minimum atomic E-state index is -4.46. The lowest BCUT2D eigenvalue weighted by Crippen LogP contribution is -2.38. The number of nitrogens with zero attached hydrogens (tertiary/aromatic N) is 3. The second-order valence-electron chi connectivity index (χ2n) is 8.74. The van der Waals surface area contributed by atoms with E-state index in [0.29, 0.717) is 40.9 Å². The number of halogens is 4. The molecule has 192 valence electrons. The minimum absolute atomic E-state index is 0.114. The van der Waals surface area contributed by atoms with E-state index in [-0.39, 0.29) is 17.9 Å². The molecule has 0 saturated carbocycles. The number of hydrogen-bond acceptors (Lipinski definition) is 3. The minimum Gasteiger partial charge on any atom is -0.332 e. The molecule has 0 saturated heterocycles. The number of carbonyl (C=O) groups is 1. The number of carbonyl (C=O) groups excluding carboxylic acids is 1. The van der Waals surface area contributed by atoms with Crippen LogP contribution >= 0.6 is 0 Å². The van der Waals surface area contributed by atoms with Gasteiger partial charge >= 0.3 is 6.18 Å². The van der Waals surface area contributed by atoms with Crippen molar-refractivity contribution in [1.82, 2.24) is 14.5 Å². The van der Waals surface area contributed by atoms with Crippen molar-refractivity contribution >= 4 is 16.8 Å². The van der Waals surface area contributed by atoms with E-state index in [0.717, 1.165) is 12.1 Å². The van der Waals surface area contributed by atoms with E-state index in [9.17, 15) is 27.2 Å². The lowest BCUT2D eigenvalue weighted by molar-refractivity contribution is -0.137. The zero-order valence-electron chi connectivity index (χ0n) is 20.3. The number of benzene rings is 3. The van der Waals surface area contributed by atoms with Gasteiger partial charge in [0.15, 0.2) is 0 Å². The molecule has 1 atom stereocenters. The number of fused-ring (bicyclic) bond motifs is 1. The molecule has 0 bridgehead atoms. The number of aromatic nitrogens is 2. The molecule has 9 heteroatoms. The highest BCUT2D eigenvalue weighted by atomic mass is 19.4. The number of amides is 1. The van der Waals surface area contributed by atoms with Crippen LogP contribution in [0.25, 0.3) is 16.6 Å². The highest BCUT2D eigenvalue weighted by molar-refractivity contribution is 5.80. The first kappa shape index (κ1) is 26.1. The van der Waals surface area contributed by atoms with Gasteiger partial charge in [-0.2, -0.15) is 13.2 Å². The van der Waals surface area contributed by atoms with Gasteiger partial charge in [0, 0.05) is 6.54 Å². The molecule has 1 heterocycles. The molecule has 4 rings (SSSR count). The van der Waals surface area contributed by atoms with Gasteiger partial charge in [0.2, 0.25) is 5.91 Å². The van der Waals surface area contributed by atoms with Crippen LogP contribution in [0.1, 0.15) is 43.3 Å². The monoisotopic (exact) mass is 511 g/mol. The summed E-state index contributed by atoms with van der Waals surface area (Å²) in [5.41, 5.74) is 0.156. The summed E-state index contributed by atoms with van der Waals surface area (Å²) in [6.45, 7) is 3.98. The molecule has 1 aromatic heterocycles. The van der Waals surface area contributed by atoms with Crippen molar-refractivity contribution in [2.24, 2.45) is 0 Å². The molecular formula is C28H25F4N3O2. The van der Waals surface area contributed by atoms with Crippen LogP contribution in [0, 0.1) is 5.82 Å². The Kier molecular flexibility index (Phi) is 7.42. The predicted octanol–water partition coefficient (Wildman–Crippen LogP) is 6.09. The summed E-state index contributed by atoms with van der Waals surface area (Å²) >= 11 is 0. The van der Waals surface area contributed by atoms with Gasteiger partial charge in [-0.3, -0.25) is 14.2 Å². The molecule has 1 amide bonds. The quantitative estimate of drug-likeness (QED) is 0.283. The van der Waals surface area contributed by atoms with E-state index in [2.05, 4.69) is 0 Å². The molecule has 0 unspecified atom stereocenters. The maximum Gasteiger partial charge on any atom is 0.416 e. The molecule has 37 heavy (non-hydrogen) atoms. The Morgan fingerprint density at radius 2 is 1.65 bits per heavy atom. The van der Waals surface area contributed by atoms with Gasteiger partial charge in [-0.15, -0.1) is 0 Å². The fraction of sp³-hybridized carbons (Fsp3) is 0.250. The highest BCUT2D eigenvalue weighted by Crippen LogP contribution is 2.29. The molecule has 0 radical (unpaired) electrons. The van der Waals surface area contributed by atoms with Crippen molar-refractivity contribution in [2.45, 2.75) is 38.9 Å². The molecule has 0 aliphatic rings. The standard InChI is InChI=1S/C28H25F4N3O2/c1-3-16-34(25(36)17-19-8-10-20(11-9-19)28(30,31)32)18(2)26-33-24-7-5-4-6-23(24)27(37)35(26)22-14-12-21(29)13-15-22/h4-15,18H,3,16-17H2,1-2H3/t18-/m1/s1. The summed E-state index contributed by atoms with van der Waals surface area (Å²) in [6.07, 6.45) is -3.97. The van der Waals surface area contributed by atoms with Gasteiger partial charge in [-0.05, 0) is 67.4 Å². The molecular weight excluding hydrogens is 486 g/mol. The van der Waals surface area contributed by atoms with Crippen LogP contribution in [0.5, 0.6) is 0 Å². The van der Waals surface area contributed by atoms with E-state index in [1.165, 1.54) is 41.0 Å². The maximum atomic E-state index is 13.6. The first-order valence-electron chi connectivity index (χ1n) is 11.8. The third kappa shape index (κ3) is 5.55. The molecule has 0 aliphatic carbocycles. The molecule has 0 spiro atoms. The summed E-state index contributed by atoms with van der Waals surface area (Å²) in [6, 6.07) is 16.1. The maximum absolute atomic E-state index is 13.6. The second-order valence-corrected chi connectivity index (χ2v) is 8.74. The van der Waals surface area contributed by atoms with E-state index in [1.807, 2.05) is 6.92 Å². The van der Waals surface area contributed by atoms with Gasteiger partial charge < -0.3 is 4.90 Å². The predicted molar refractivity (Wildman–Crippen MR) is 133 cm³/mol. The van der Waals surface area contributed by atoms with Crippen LogP contribution in [0.4, 0.5) is 17.6 Å². The smallest absolute Gasteiger partial charge is 0.332 e. The lowest BCUT2D eigenvalue weighted by Gasteiger charge is -2.30. The first-order valence-corrected chi connectivity index (χ1v) is 11.8. The third-order valence-corrected chi connectivity index (χ3v) is 6.15. The summed E-state index contributed by atoms with van der Waals surface area (Å²) in [5.74, 6) is -0.480. The fourth-order valence-electron chi connectivity index (χ4n) is 4.27. The first-order chi connectivity index (χ1) is 17.6. The number of alkyl halides is 3. The van der Waals surface area contributed by atoms with Crippen molar-refractivity contribution in [1.29, 1.82) is 0 Å². The van der Waals surface area contributed by atoms with Gasteiger partial charge in [-0.25, -0.2) is 9.37 Å². The molecule has 5 nitrogen and oxygen atoms in total. The van der Waals surface area contributed by atoms with Gasteiger partial charge in [0.05, 0.1) is 34.6 Å². The lowest BCUT2D eigenvalue weighted by atomic mass is 10.1. The van der Waals surface area contributed by atoms with E-state index in [1.54, 1.807) is 36.1 Å². The van der Waals surface area contributed by atoms with Crippen LogP contribution in [-0.2, 0) is 17.4 Å². The molecule has 3 aromatic carbocycles. The Morgan fingerprint density at radius 3 is 2.27 bits per heavy atom. The molecule has 0 fully saturated rings. The van der Waals surface area contributed by atoms with Crippen LogP contribution in [0.3, 0.4) is 0 Å². The third-order valence-electron chi connectivity index (χ3n) is 6.15. The normalized spacial score (nSPS) is 12.5. The van der Waals surface area contributed by atoms with Crippen LogP contribution < -0.4 is 5.56 Å². The average Bonchev–Trinajstić information content (AvgIpc) is 2.87. The zero-order valence-corrected chi connectivity index (χ0v) is 20.3. The van der Waals surface area contributed by atoms with Crippen LogP contribution in [0.2, 0.25) is 0 Å². The number of para-hydroxylation sites is 1. The largest absolute Gasteiger partial charge is 0.416 e. The SMILES string of the molecule is CCCN(C(=O)Cc1ccc(C(F)(F)F)cc1)[C@H](C)c1nc2ccccc2c(=O)n1-c1ccc(F)cc1. The molecule has 4 aromatic rings. The summed E-state index contributed by atoms with van der Waals surface area (Å²) in [4.78, 5) is 33.2. The van der Waals surface area contributed by atoms with Crippen molar-refractivity contribution in [3.8, 4) is 5.69 Å². The Morgan fingerprint density at radius 1 is 1.00 bits per heavy atom. The Balaban J connectivity index is 1.75. The van der Waals surface area contributed by atoms with Gasteiger partial charge in [0.1, 0.15) is 11.6 Å². The molecule has 0 aliphatic heterocycles. The van der Waals surface area contributed by atoms with Crippen molar-refractivity contribution < 1.29 is 22.4 Å². The van der Waals surface area contributed by atoms with Crippen molar-refractivity contribution in [3.05, 3.63) is 106 Å². The van der Waals surface area contributed by atoms with E-state index in [4.69, 9.17) is 4.98 Å². The van der Waals surface area contributed by atoms with E-state index >= 15 is 0 Å². The van der Waals surface area contributed by atoms with Crippen LogP contribution in [-0.4, -0.2) is 26.9 Å². The zero-order chi connectivity index (χ0) is 26.7. The highest BCUT2D eigenvalue weighted by Gasteiger charge is 2.30. The Labute approximate surface area is 211 Å². The average molecular weight is 512 g/mol. The summed E-state index contributed by atoms with van der Waals surface area (Å²) in [5, 5.41) is 0.376. The second kappa shape index (κ2) is 10.5. The van der Waals surface area contributed by atoms with E-state index < -0.39 is 23.6 Å². The summed E-state index contributed by atoms with van der Waals surface area (Å²) in [7, 11) is 0. The number of hydrogen-bond donors (Lipinski definition) is 0. The fourth-order valence-corrected chi connectivity index (χ4v) is 4.27. The van der Waals surface area contributed by atoms with Crippen LogP contribution in [0.15, 0.2) is 77.6 Å². The van der Waals surface area contributed by atoms with Gasteiger partial charge in [0.25, 0.3) is 5.56 Å². The van der Waals surface area contributed by atoms with Gasteiger partial charge in [-0.1, -0.05) is 31.2 Å². The van der Waals surface area contributed by atoms with Crippen molar-refractivity contribution in [3.63, 3.8) is 0 Å². The summed E-state index contributed by atoms with van der Waals surface area (Å²) < 4.78 is 53.8. The topological polar surface area (TPSA) is 55.2 Å². The Hall–Kier alpha value is -4.01. The molecule has 0 N–H and O–H groups in total. The Bertz CT molecular complexity index is 1460. The number of rotatable bonds is 7. The van der Waals surface area contributed by atoms with Crippen molar-refractivity contribution in [2.75, 3.05) is 6.54 Å².